The maximum absolute atomic E-state index is 12.1. The number of ketones is 1. The quantitative estimate of drug-likeness (QED) is 0.608. The number of hydrogen-bond acceptors (Lipinski definition) is 1. The number of hydrogen-bond donors (Lipinski definition) is 0. The van der Waals surface area contributed by atoms with E-state index in [1.165, 1.54) is 51.4 Å². The van der Waals surface area contributed by atoms with E-state index >= 15 is 0 Å². The zero-order valence-corrected chi connectivity index (χ0v) is 13.3. The predicted octanol–water partition coefficient (Wildman–Crippen LogP) is 4.99. The molecule has 0 radical (unpaired) electrons. The zero-order chi connectivity index (χ0) is 14.0. The van der Waals surface area contributed by atoms with Crippen molar-refractivity contribution in [2.45, 2.75) is 78.1 Å². The lowest BCUT2D eigenvalue weighted by Crippen LogP contribution is -2.53. The fourth-order valence-corrected chi connectivity index (χ4v) is 7.13. The molecule has 4 aliphatic rings. The molecule has 0 amide bonds. The van der Waals surface area contributed by atoms with Gasteiger partial charge < -0.3 is 0 Å². The lowest BCUT2D eigenvalue weighted by atomic mass is 9.45. The minimum Gasteiger partial charge on any atom is -0.300 e. The third-order valence-corrected chi connectivity index (χ3v) is 8.20. The van der Waals surface area contributed by atoms with E-state index in [-0.39, 0.29) is 0 Å². The summed E-state index contributed by atoms with van der Waals surface area (Å²) < 4.78 is 0. The SMILES string of the molecule is C[C@]12CCC[C@@H]1[C@@H]1CC[C@H]3CCC(=O)C[C@]3(C)[C@@H]1CC2. The lowest BCUT2D eigenvalue weighted by molar-refractivity contribution is -0.139. The van der Waals surface area contributed by atoms with Crippen molar-refractivity contribution in [1.29, 1.82) is 0 Å². The Morgan fingerprint density at radius 1 is 0.950 bits per heavy atom. The topological polar surface area (TPSA) is 17.1 Å². The standard InChI is InChI=1S/C19H30O/c1-18-10-3-4-16(18)15-8-6-13-5-7-14(20)12-19(13,2)17(15)9-11-18/h13,15-17H,3-12H2,1-2H3/t13-,15+,16-,17-,18-,19+/m1/s1. The smallest absolute Gasteiger partial charge is 0.133 e. The summed E-state index contributed by atoms with van der Waals surface area (Å²) in [6, 6.07) is 0. The fraction of sp³-hybridized carbons (Fsp3) is 0.947. The van der Waals surface area contributed by atoms with Gasteiger partial charge in [0, 0.05) is 12.8 Å². The van der Waals surface area contributed by atoms with Crippen LogP contribution in [0.5, 0.6) is 0 Å². The Kier molecular flexibility index (Phi) is 2.89. The molecule has 1 nitrogen and oxygen atoms in total. The van der Waals surface area contributed by atoms with Crippen LogP contribution in [-0.4, -0.2) is 5.78 Å². The van der Waals surface area contributed by atoms with Gasteiger partial charge in [-0.05, 0) is 79.4 Å². The van der Waals surface area contributed by atoms with Crippen molar-refractivity contribution >= 4 is 5.78 Å². The summed E-state index contributed by atoms with van der Waals surface area (Å²) in [4.78, 5) is 12.1. The number of carbonyl (C=O) groups excluding carboxylic acids is 1. The summed E-state index contributed by atoms with van der Waals surface area (Å²) in [6.07, 6.45) is 13.1. The Balaban J connectivity index is 1.66. The Morgan fingerprint density at radius 3 is 2.65 bits per heavy atom. The van der Waals surface area contributed by atoms with Crippen LogP contribution in [0.2, 0.25) is 0 Å². The van der Waals surface area contributed by atoms with E-state index in [1.807, 2.05) is 0 Å². The molecule has 0 bridgehead atoms. The highest BCUT2D eigenvalue weighted by Gasteiger charge is 2.57. The van der Waals surface area contributed by atoms with Gasteiger partial charge in [-0.2, -0.15) is 0 Å². The summed E-state index contributed by atoms with van der Waals surface area (Å²) in [5.41, 5.74) is 1.02. The first-order chi connectivity index (χ1) is 9.53. The summed E-state index contributed by atoms with van der Waals surface area (Å²) in [5.74, 6) is 4.21. The largest absolute Gasteiger partial charge is 0.300 e. The second-order valence-corrected chi connectivity index (χ2v) is 9.00. The van der Waals surface area contributed by atoms with Crippen LogP contribution < -0.4 is 0 Å². The zero-order valence-electron chi connectivity index (χ0n) is 13.3. The van der Waals surface area contributed by atoms with Gasteiger partial charge in [0.25, 0.3) is 0 Å². The average molecular weight is 274 g/mol. The van der Waals surface area contributed by atoms with Crippen LogP contribution in [0, 0.1) is 34.5 Å². The average Bonchev–Trinajstić information content (AvgIpc) is 2.79. The lowest BCUT2D eigenvalue weighted by Gasteiger charge is -2.59. The van der Waals surface area contributed by atoms with Crippen molar-refractivity contribution in [3.8, 4) is 0 Å². The van der Waals surface area contributed by atoms with E-state index in [4.69, 9.17) is 0 Å². The van der Waals surface area contributed by atoms with Gasteiger partial charge in [0.1, 0.15) is 5.78 Å². The molecule has 4 rings (SSSR count). The Bertz CT molecular complexity index is 427. The minimum atomic E-state index is 0.363. The van der Waals surface area contributed by atoms with Crippen LogP contribution in [0.4, 0.5) is 0 Å². The minimum absolute atomic E-state index is 0.363. The van der Waals surface area contributed by atoms with Gasteiger partial charge in [-0.1, -0.05) is 20.3 Å². The van der Waals surface area contributed by atoms with Gasteiger partial charge in [-0.15, -0.1) is 0 Å². The van der Waals surface area contributed by atoms with Crippen molar-refractivity contribution in [3.05, 3.63) is 0 Å². The van der Waals surface area contributed by atoms with E-state index in [0.29, 0.717) is 16.6 Å². The molecule has 0 unspecified atom stereocenters. The number of fused-ring (bicyclic) bond motifs is 5. The normalized spacial score (nSPS) is 55.0. The molecule has 4 fully saturated rings. The first-order valence-corrected chi connectivity index (χ1v) is 9.05. The highest BCUT2D eigenvalue weighted by molar-refractivity contribution is 5.80. The van der Waals surface area contributed by atoms with E-state index in [9.17, 15) is 4.79 Å². The Hall–Kier alpha value is -0.330. The molecular weight excluding hydrogens is 244 g/mol. The van der Waals surface area contributed by atoms with E-state index < -0.39 is 0 Å². The summed E-state index contributed by atoms with van der Waals surface area (Å²) in [6.45, 7) is 5.06. The molecular formula is C19H30O. The Labute approximate surface area is 123 Å². The molecule has 6 atom stereocenters. The van der Waals surface area contributed by atoms with Crippen molar-refractivity contribution in [1.82, 2.24) is 0 Å². The molecule has 0 aromatic carbocycles. The third-order valence-electron chi connectivity index (χ3n) is 8.20. The van der Waals surface area contributed by atoms with Gasteiger partial charge in [0.15, 0.2) is 0 Å². The first kappa shape index (κ1) is 13.3. The molecule has 0 spiro atoms. The molecule has 0 aliphatic heterocycles. The molecule has 1 heteroatoms. The molecule has 0 aromatic rings. The molecule has 4 aliphatic carbocycles. The first-order valence-electron chi connectivity index (χ1n) is 9.05. The number of Topliss-reactive ketones (excluding diaryl/α,β-unsaturated/α-hetero) is 1. The van der Waals surface area contributed by atoms with E-state index in [0.717, 1.165) is 36.5 Å². The highest BCUT2D eigenvalue weighted by Crippen LogP contribution is 2.65. The maximum atomic E-state index is 12.1. The van der Waals surface area contributed by atoms with Crippen molar-refractivity contribution in [2.24, 2.45) is 34.5 Å². The summed E-state index contributed by atoms with van der Waals surface area (Å²) in [5, 5.41) is 0. The van der Waals surface area contributed by atoms with E-state index in [1.54, 1.807) is 0 Å². The van der Waals surface area contributed by atoms with Gasteiger partial charge in [-0.25, -0.2) is 0 Å². The fourth-order valence-electron chi connectivity index (χ4n) is 7.13. The third kappa shape index (κ3) is 1.70. The van der Waals surface area contributed by atoms with Gasteiger partial charge in [0.05, 0.1) is 0 Å². The molecule has 0 saturated heterocycles. The van der Waals surface area contributed by atoms with Crippen LogP contribution in [-0.2, 0) is 4.79 Å². The molecule has 0 heterocycles. The van der Waals surface area contributed by atoms with Gasteiger partial charge in [0.2, 0.25) is 0 Å². The van der Waals surface area contributed by atoms with Gasteiger partial charge >= 0.3 is 0 Å². The Morgan fingerprint density at radius 2 is 1.80 bits per heavy atom. The van der Waals surface area contributed by atoms with Gasteiger partial charge in [-0.3, -0.25) is 4.79 Å². The molecule has 112 valence electrons. The van der Waals surface area contributed by atoms with Crippen molar-refractivity contribution in [2.75, 3.05) is 0 Å². The van der Waals surface area contributed by atoms with Crippen molar-refractivity contribution in [3.63, 3.8) is 0 Å². The van der Waals surface area contributed by atoms with Crippen LogP contribution >= 0.6 is 0 Å². The van der Waals surface area contributed by atoms with Crippen LogP contribution in [0.25, 0.3) is 0 Å². The van der Waals surface area contributed by atoms with Crippen LogP contribution in [0.15, 0.2) is 0 Å². The van der Waals surface area contributed by atoms with Crippen molar-refractivity contribution < 1.29 is 4.79 Å². The molecule has 0 aromatic heterocycles. The second kappa shape index (κ2) is 4.34. The number of carbonyl (C=O) groups is 1. The monoisotopic (exact) mass is 274 g/mol. The summed E-state index contributed by atoms with van der Waals surface area (Å²) in [7, 11) is 0. The maximum Gasteiger partial charge on any atom is 0.133 e. The molecule has 20 heavy (non-hydrogen) atoms. The predicted molar refractivity (Wildman–Crippen MR) is 81.4 cm³/mol. The molecule has 0 N–H and O–H groups in total. The second-order valence-electron chi connectivity index (χ2n) is 9.00. The molecule has 4 saturated carbocycles. The van der Waals surface area contributed by atoms with E-state index in [2.05, 4.69) is 13.8 Å². The van der Waals surface area contributed by atoms with Crippen LogP contribution in [0.3, 0.4) is 0 Å². The number of rotatable bonds is 0. The highest BCUT2D eigenvalue weighted by atomic mass is 16.1. The summed E-state index contributed by atoms with van der Waals surface area (Å²) >= 11 is 0. The van der Waals surface area contributed by atoms with Crippen LogP contribution in [0.1, 0.15) is 78.1 Å².